The quantitative estimate of drug-likeness (QED) is 0.759. The number of methoxy groups -OCH3 is 1. The summed E-state index contributed by atoms with van der Waals surface area (Å²) in [5, 5.41) is 2.26. The van der Waals surface area contributed by atoms with Crippen molar-refractivity contribution in [1.82, 2.24) is 9.88 Å². The lowest BCUT2D eigenvalue weighted by atomic mass is 10.2. The summed E-state index contributed by atoms with van der Waals surface area (Å²) in [7, 11) is 1.35. The van der Waals surface area contributed by atoms with E-state index < -0.39 is 11.6 Å². The van der Waals surface area contributed by atoms with Gasteiger partial charge in [0, 0.05) is 23.9 Å². The molecule has 0 unspecified atom stereocenters. The molecule has 1 heterocycles. The zero-order valence-corrected chi connectivity index (χ0v) is 15.4. The molecule has 7 heteroatoms. The SMILES string of the molecule is COC(=O)c1nc([C@@H]2C[C@H]2N(CC2CC2)C(=O)OC(C)(C)C)cs1. The highest BCUT2D eigenvalue weighted by Gasteiger charge is 2.48. The van der Waals surface area contributed by atoms with Gasteiger partial charge in [-0.15, -0.1) is 11.3 Å². The van der Waals surface area contributed by atoms with E-state index in [-0.39, 0.29) is 18.1 Å². The molecule has 3 rings (SSSR count). The minimum absolute atomic E-state index is 0.119. The smallest absolute Gasteiger partial charge is 0.410 e. The molecule has 0 N–H and O–H groups in total. The second kappa shape index (κ2) is 6.35. The topological polar surface area (TPSA) is 68.7 Å². The lowest BCUT2D eigenvalue weighted by molar-refractivity contribution is 0.0220. The van der Waals surface area contributed by atoms with Gasteiger partial charge in [0.2, 0.25) is 5.01 Å². The maximum Gasteiger partial charge on any atom is 0.410 e. The standard InChI is InChI=1S/C17H24N2O4S/c1-17(2,3)23-16(21)19(8-10-5-6-10)13-7-11(13)12-9-24-14(18-12)15(20)22-4/h9-11,13H,5-8H2,1-4H3/t11-,13+/m0/s1. The fourth-order valence-electron chi connectivity index (χ4n) is 2.73. The molecule has 0 bridgehead atoms. The highest BCUT2D eigenvalue weighted by atomic mass is 32.1. The summed E-state index contributed by atoms with van der Waals surface area (Å²) >= 11 is 1.29. The Morgan fingerprint density at radius 1 is 1.38 bits per heavy atom. The van der Waals surface area contributed by atoms with Crippen LogP contribution in [0.5, 0.6) is 0 Å². The molecule has 1 aromatic rings. The Balaban J connectivity index is 1.67. The van der Waals surface area contributed by atoms with E-state index in [1.807, 2.05) is 31.1 Å². The van der Waals surface area contributed by atoms with Gasteiger partial charge in [-0.05, 0) is 46.0 Å². The molecule has 0 spiro atoms. The van der Waals surface area contributed by atoms with E-state index in [1.54, 1.807) is 0 Å². The fourth-order valence-corrected chi connectivity index (χ4v) is 3.52. The van der Waals surface area contributed by atoms with E-state index in [2.05, 4.69) is 4.98 Å². The summed E-state index contributed by atoms with van der Waals surface area (Å²) in [4.78, 5) is 30.3. The van der Waals surface area contributed by atoms with Crippen molar-refractivity contribution in [3.05, 3.63) is 16.1 Å². The minimum atomic E-state index is -0.498. The molecule has 2 saturated carbocycles. The number of carbonyl (C=O) groups is 2. The molecule has 24 heavy (non-hydrogen) atoms. The van der Waals surface area contributed by atoms with E-state index in [0.29, 0.717) is 10.9 Å². The third-order valence-corrected chi connectivity index (χ3v) is 5.04. The number of thiazole rings is 1. The second-order valence-electron chi connectivity index (χ2n) is 7.55. The molecule has 1 amide bonds. The predicted molar refractivity (Wildman–Crippen MR) is 90.3 cm³/mol. The van der Waals surface area contributed by atoms with E-state index in [9.17, 15) is 9.59 Å². The molecule has 0 aromatic carbocycles. The zero-order valence-electron chi connectivity index (χ0n) is 14.6. The maximum atomic E-state index is 12.6. The van der Waals surface area contributed by atoms with Crippen LogP contribution in [-0.2, 0) is 9.47 Å². The first-order valence-corrected chi connectivity index (χ1v) is 9.20. The average molecular weight is 352 g/mol. The van der Waals surface area contributed by atoms with Gasteiger partial charge in [-0.1, -0.05) is 0 Å². The Bertz CT molecular complexity index is 633. The third-order valence-electron chi connectivity index (χ3n) is 4.20. The van der Waals surface area contributed by atoms with Gasteiger partial charge in [0.1, 0.15) is 5.60 Å². The van der Waals surface area contributed by atoms with Crippen LogP contribution >= 0.6 is 11.3 Å². The Morgan fingerprint density at radius 3 is 2.67 bits per heavy atom. The maximum absolute atomic E-state index is 12.6. The summed E-state index contributed by atoms with van der Waals surface area (Å²) in [6.07, 6.45) is 2.99. The lowest BCUT2D eigenvalue weighted by Crippen LogP contribution is -2.40. The fraction of sp³-hybridized carbons (Fsp3) is 0.706. The molecule has 6 nitrogen and oxygen atoms in total. The van der Waals surface area contributed by atoms with Crippen molar-refractivity contribution >= 4 is 23.4 Å². The van der Waals surface area contributed by atoms with Crippen molar-refractivity contribution in [2.24, 2.45) is 5.92 Å². The number of rotatable bonds is 5. The van der Waals surface area contributed by atoms with E-state index in [4.69, 9.17) is 9.47 Å². The van der Waals surface area contributed by atoms with Gasteiger partial charge in [-0.25, -0.2) is 14.6 Å². The van der Waals surface area contributed by atoms with Crippen LogP contribution in [0.4, 0.5) is 4.79 Å². The summed E-state index contributed by atoms with van der Waals surface area (Å²) < 4.78 is 10.3. The number of amides is 1. The van der Waals surface area contributed by atoms with E-state index in [0.717, 1.165) is 18.7 Å². The van der Waals surface area contributed by atoms with Crippen LogP contribution in [-0.4, -0.2) is 47.2 Å². The van der Waals surface area contributed by atoms with Gasteiger partial charge in [-0.2, -0.15) is 0 Å². The largest absolute Gasteiger partial charge is 0.464 e. The van der Waals surface area contributed by atoms with Gasteiger partial charge >= 0.3 is 12.1 Å². The summed E-state index contributed by atoms with van der Waals surface area (Å²) in [6.45, 7) is 6.40. The molecule has 0 aliphatic heterocycles. The summed E-state index contributed by atoms with van der Waals surface area (Å²) in [5.41, 5.74) is 0.372. The number of nitrogens with zero attached hydrogens (tertiary/aromatic N) is 2. The van der Waals surface area contributed by atoms with Crippen molar-refractivity contribution in [1.29, 1.82) is 0 Å². The third kappa shape index (κ3) is 4.06. The van der Waals surface area contributed by atoms with Crippen LogP contribution in [0, 0.1) is 5.92 Å². The van der Waals surface area contributed by atoms with Gasteiger partial charge in [0.05, 0.1) is 12.8 Å². The molecular weight excluding hydrogens is 328 g/mol. The molecule has 2 fully saturated rings. The zero-order chi connectivity index (χ0) is 17.5. The Hall–Kier alpha value is -1.63. The van der Waals surface area contributed by atoms with Gasteiger partial charge in [-0.3, -0.25) is 0 Å². The molecular formula is C17H24N2O4S. The molecule has 0 saturated heterocycles. The predicted octanol–water partition coefficient (Wildman–Crippen LogP) is 3.43. The molecule has 2 atom stereocenters. The highest BCUT2D eigenvalue weighted by molar-refractivity contribution is 7.11. The molecule has 2 aliphatic carbocycles. The lowest BCUT2D eigenvalue weighted by Gasteiger charge is -2.27. The van der Waals surface area contributed by atoms with Crippen LogP contribution in [0.1, 0.15) is 61.4 Å². The minimum Gasteiger partial charge on any atom is -0.464 e. The van der Waals surface area contributed by atoms with Crippen LogP contribution < -0.4 is 0 Å². The first-order chi connectivity index (χ1) is 11.3. The van der Waals surface area contributed by atoms with Gasteiger partial charge in [0.25, 0.3) is 0 Å². The van der Waals surface area contributed by atoms with Crippen LogP contribution in [0.3, 0.4) is 0 Å². The van der Waals surface area contributed by atoms with Crippen LogP contribution in [0.2, 0.25) is 0 Å². The van der Waals surface area contributed by atoms with Crippen molar-refractivity contribution < 1.29 is 19.1 Å². The monoisotopic (exact) mass is 352 g/mol. The summed E-state index contributed by atoms with van der Waals surface area (Å²) in [5.74, 6) is 0.371. The average Bonchev–Trinajstić information content (AvgIpc) is 3.41. The number of esters is 1. The van der Waals surface area contributed by atoms with Crippen molar-refractivity contribution in [2.45, 2.75) is 57.6 Å². The first kappa shape index (κ1) is 17.2. The Morgan fingerprint density at radius 2 is 2.08 bits per heavy atom. The van der Waals surface area contributed by atoms with Gasteiger partial charge < -0.3 is 14.4 Å². The van der Waals surface area contributed by atoms with Crippen molar-refractivity contribution in [2.75, 3.05) is 13.7 Å². The molecule has 132 valence electrons. The number of carbonyl (C=O) groups excluding carboxylic acids is 2. The van der Waals surface area contributed by atoms with Crippen molar-refractivity contribution in [3.8, 4) is 0 Å². The van der Waals surface area contributed by atoms with Crippen LogP contribution in [0.25, 0.3) is 0 Å². The summed E-state index contributed by atoms with van der Waals surface area (Å²) in [6, 6.07) is 0.119. The molecule has 1 aromatic heterocycles. The van der Waals surface area contributed by atoms with Crippen LogP contribution in [0.15, 0.2) is 5.38 Å². The van der Waals surface area contributed by atoms with E-state index in [1.165, 1.54) is 31.3 Å². The highest BCUT2D eigenvalue weighted by Crippen LogP contribution is 2.46. The first-order valence-electron chi connectivity index (χ1n) is 8.32. The molecule has 0 radical (unpaired) electrons. The normalized spacial score (nSPS) is 22.8. The number of hydrogen-bond donors (Lipinski definition) is 0. The second-order valence-corrected chi connectivity index (χ2v) is 8.41. The van der Waals surface area contributed by atoms with Crippen molar-refractivity contribution in [3.63, 3.8) is 0 Å². The van der Waals surface area contributed by atoms with E-state index >= 15 is 0 Å². The molecule has 2 aliphatic rings. The number of hydrogen-bond acceptors (Lipinski definition) is 6. The Kier molecular flexibility index (Phi) is 4.55. The van der Waals surface area contributed by atoms with Gasteiger partial charge in [0.15, 0.2) is 0 Å². The Labute approximate surface area is 146 Å². The number of ether oxygens (including phenoxy) is 2. The number of aromatic nitrogens is 1.